The van der Waals surface area contributed by atoms with E-state index in [1.54, 1.807) is 11.0 Å². The molecule has 0 heterocycles. The number of nitrogens with zero attached hydrogens (tertiary/aromatic N) is 1. The van der Waals surface area contributed by atoms with E-state index in [4.69, 9.17) is 11.6 Å². The highest BCUT2D eigenvalue weighted by Crippen LogP contribution is 2.13. The molecule has 1 aromatic carbocycles. The molecule has 0 fully saturated rings. The lowest BCUT2D eigenvalue weighted by molar-refractivity contribution is 0.0789. The van der Waals surface area contributed by atoms with Crippen molar-refractivity contribution in [3.8, 4) is 0 Å². The average molecular weight is 264 g/mol. The molecule has 1 rings (SSSR count). The van der Waals surface area contributed by atoms with Crippen LogP contribution in [0, 0.1) is 13.8 Å². The van der Waals surface area contributed by atoms with Crippen LogP contribution in [-0.2, 0) is 0 Å². The fourth-order valence-corrected chi connectivity index (χ4v) is 2.01. The van der Waals surface area contributed by atoms with E-state index < -0.39 is 0 Å². The molecule has 3 heteroatoms. The molecule has 0 unspecified atom stereocenters. The summed E-state index contributed by atoms with van der Waals surface area (Å²) in [5.74, 6) is -0.0523. The second kappa shape index (κ2) is 6.41. The van der Waals surface area contributed by atoms with E-state index >= 15 is 0 Å². The molecule has 0 saturated carbocycles. The summed E-state index contributed by atoms with van der Waals surface area (Å²) in [6.45, 7) is 12.0. The molecular formula is C15H18ClNO. The molecule has 18 heavy (non-hydrogen) atoms. The SMILES string of the molecule is C=CCN(CC(=C)Cl)C(=O)c1cc(C)cc(C)c1. The van der Waals surface area contributed by atoms with Crippen LogP contribution < -0.4 is 0 Å². The molecule has 0 bridgehead atoms. The number of rotatable bonds is 5. The van der Waals surface area contributed by atoms with Crippen LogP contribution in [0.5, 0.6) is 0 Å². The zero-order valence-electron chi connectivity index (χ0n) is 10.9. The summed E-state index contributed by atoms with van der Waals surface area (Å²) < 4.78 is 0. The van der Waals surface area contributed by atoms with Gasteiger partial charge < -0.3 is 4.90 Å². The first-order chi connectivity index (χ1) is 8.43. The second-order valence-corrected chi connectivity index (χ2v) is 4.90. The third-order valence-corrected chi connectivity index (χ3v) is 2.59. The molecule has 2 nitrogen and oxygen atoms in total. The van der Waals surface area contributed by atoms with E-state index in [0.717, 1.165) is 11.1 Å². The number of hydrogen-bond donors (Lipinski definition) is 0. The minimum Gasteiger partial charge on any atom is -0.330 e. The molecule has 1 aromatic rings. The Bertz CT molecular complexity index is 459. The van der Waals surface area contributed by atoms with Crippen molar-refractivity contribution < 1.29 is 4.79 Å². The van der Waals surface area contributed by atoms with Gasteiger partial charge in [0, 0.05) is 17.1 Å². The first-order valence-corrected chi connectivity index (χ1v) is 6.13. The first kappa shape index (κ1) is 14.5. The van der Waals surface area contributed by atoms with Gasteiger partial charge in [0.15, 0.2) is 0 Å². The molecule has 96 valence electrons. The molecule has 0 aliphatic rings. The Hall–Kier alpha value is -1.54. The van der Waals surface area contributed by atoms with E-state index in [0.29, 0.717) is 23.7 Å². The topological polar surface area (TPSA) is 20.3 Å². The Balaban J connectivity index is 3.00. The Kier molecular flexibility index (Phi) is 5.17. The Labute approximate surface area is 114 Å². The maximum absolute atomic E-state index is 12.4. The number of carbonyl (C=O) groups is 1. The smallest absolute Gasteiger partial charge is 0.254 e. The highest BCUT2D eigenvalue weighted by Gasteiger charge is 2.15. The van der Waals surface area contributed by atoms with Crippen LogP contribution in [0.1, 0.15) is 21.5 Å². The summed E-state index contributed by atoms with van der Waals surface area (Å²) in [5, 5.41) is 0.439. The summed E-state index contributed by atoms with van der Waals surface area (Å²) in [4.78, 5) is 14.0. The first-order valence-electron chi connectivity index (χ1n) is 5.75. The van der Waals surface area contributed by atoms with Crippen molar-refractivity contribution in [3.63, 3.8) is 0 Å². The average Bonchev–Trinajstić information content (AvgIpc) is 2.25. The van der Waals surface area contributed by atoms with E-state index in [1.165, 1.54) is 0 Å². The highest BCUT2D eigenvalue weighted by molar-refractivity contribution is 6.29. The molecule has 0 atom stereocenters. The van der Waals surface area contributed by atoms with Crippen molar-refractivity contribution in [1.82, 2.24) is 4.90 Å². The maximum Gasteiger partial charge on any atom is 0.254 e. The van der Waals surface area contributed by atoms with E-state index in [2.05, 4.69) is 13.2 Å². The van der Waals surface area contributed by atoms with Crippen LogP contribution in [0.15, 0.2) is 42.5 Å². The quantitative estimate of drug-likeness (QED) is 0.742. The lowest BCUT2D eigenvalue weighted by atomic mass is 10.1. The number of halogens is 1. The third-order valence-electron chi connectivity index (χ3n) is 2.47. The Morgan fingerprint density at radius 1 is 1.33 bits per heavy atom. The third kappa shape index (κ3) is 4.04. The van der Waals surface area contributed by atoms with Gasteiger partial charge in [0.2, 0.25) is 0 Å². The molecule has 0 saturated heterocycles. The predicted octanol–water partition coefficient (Wildman–Crippen LogP) is 3.68. The molecule has 0 spiro atoms. The second-order valence-electron chi connectivity index (χ2n) is 4.37. The van der Waals surface area contributed by atoms with Gasteiger partial charge in [-0.25, -0.2) is 0 Å². The summed E-state index contributed by atoms with van der Waals surface area (Å²) in [6.07, 6.45) is 1.68. The van der Waals surface area contributed by atoms with Crippen molar-refractivity contribution in [2.24, 2.45) is 0 Å². The summed E-state index contributed by atoms with van der Waals surface area (Å²) in [7, 11) is 0. The van der Waals surface area contributed by atoms with Crippen LogP contribution in [0.3, 0.4) is 0 Å². The molecule has 0 aliphatic carbocycles. The molecule has 0 aliphatic heterocycles. The lowest BCUT2D eigenvalue weighted by Crippen LogP contribution is -2.32. The molecular weight excluding hydrogens is 246 g/mol. The zero-order chi connectivity index (χ0) is 13.7. The van der Waals surface area contributed by atoms with Gasteiger partial charge in [0.25, 0.3) is 5.91 Å². The number of amides is 1. The minimum absolute atomic E-state index is 0.0523. The van der Waals surface area contributed by atoms with Crippen LogP contribution in [0.4, 0.5) is 0 Å². The van der Waals surface area contributed by atoms with Crippen molar-refractivity contribution in [2.45, 2.75) is 13.8 Å². The van der Waals surface area contributed by atoms with Gasteiger partial charge in [0.1, 0.15) is 0 Å². The van der Waals surface area contributed by atoms with Crippen LogP contribution >= 0.6 is 11.6 Å². The number of aryl methyl sites for hydroxylation is 2. The van der Waals surface area contributed by atoms with Crippen molar-refractivity contribution in [1.29, 1.82) is 0 Å². The van der Waals surface area contributed by atoms with Gasteiger partial charge in [-0.05, 0) is 26.0 Å². The van der Waals surface area contributed by atoms with Gasteiger partial charge in [-0.1, -0.05) is 41.4 Å². The zero-order valence-corrected chi connectivity index (χ0v) is 11.6. The van der Waals surface area contributed by atoms with E-state index in [9.17, 15) is 4.79 Å². The van der Waals surface area contributed by atoms with Crippen LogP contribution in [0.2, 0.25) is 0 Å². The minimum atomic E-state index is -0.0523. The van der Waals surface area contributed by atoms with E-state index in [-0.39, 0.29) is 5.91 Å². The van der Waals surface area contributed by atoms with Crippen molar-refractivity contribution in [3.05, 3.63) is 59.2 Å². The van der Waals surface area contributed by atoms with Gasteiger partial charge in [-0.2, -0.15) is 0 Å². The Morgan fingerprint density at radius 3 is 2.33 bits per heavy atom. The number of hydrogen-bond acceptors (Lipinski definition) is 1. The summed E-state index contributed by atoms with van der Waals surface area (Å²) >= 11 is 5.78. The fraction of sp³-hybridized carbons (Fsp3) is 0.267. The lowest BCUT2D eigenvalue weighted by Gasteiger charge is -2.21. The van der Waals surface area contributed by atoms with Gasteiger partial charge in [-0.15, -0.1) is 6.58 Å². The van der Waals surface area contributed by atoms with Crippen molar-refractivity contribution >= 4 is 17.5 Å². The molecule has 0 N–H and O–H groups in total. The summed E-state index contributed by atoms with van der Waals surface area (Å²) in [6, 6.07) is 5.79. The Morgan fingerprint density at radius 2 is 1.89 bits per heavy atom. The maximum atomic E-state index is 12.4. The van der Waals surface area contributed by atoms with Gasteiger partial charge >= 0.3 is 0 Å². The number of benzene rings is 1. The molecule has 0 aromatic heterocycles. The van der Waals surface area contributed by atoms with Gasteiger partial charge in [-0.3, -0.25) is 4.79 Å². The predicted molar refractivity (Wildman–Crippen MR) is 77.0 cm³/mol. The van der Waals surface area contributed by atoms with Gasteiger partial charge in [0.05, 0.1) is 6.54 Å². The molecule has 1 amide bonds. The summed E-state index contributed by atoms with van der Waals surface area (Å²) in [5.41, 5.74) is 2.82. The normalized spacial score (nSPS) is 9.94. The van der Waals surface area contributed by atoms with Crippen LogP contribution in [0.25, 0.3) is 0 Å². The number of carbonyl (C=O) groups excluding carboxylic acids is 1. The van der Waals surface area contributed by atoms with E-state index in [1.807, 2.05) is 32.0 Å². The molecule has 0 radical (unpaired) electrons. The van der Waals surface area contributed by atoms with Crippen molar-refractivity contribution in [2.75, 3.05) is 13.1 Å². The monoisotopic (exact) mass is 263 g/mol. The standard InChI is InChI=1S/C15H18ClNO/c1-5-6-17(10-13(4)16)15(18)14-8-11(2)7-12(3)9-14/h5,7-9H,1,4,6,10H2,2-3H3. The largest absolute Gasteiger partial charge is 0.330 e. The van der Waals surface area contributed by atoms with Crippen LogP contribution in [-0.4, -0.2) is 23.9 Å². The highest BCUT2D eigenvalue weighted by atomic mass is 35.5. The fourth-order valence-electron chi connectivity index (χ4n) is 1.86.